The number of rotatable bonds is 8. The summed E-state index contributed by atoms with van der Waals surface area (Å²) >= 11 is 2.83. The number of fused-ring (bicyclic) bond motifs is 1. The van der Waals surface area contributed by atoms with Crippen LogP contribution in [-0.4, -0.2) is 21.1 Å². The Balaban J connectivity index is 1.73. The normalized spacial score (nSPS) is 13.4. The zero-order chi connectivity index (χ0) is 21.0. The van der Waals surface area contributed by atoms with E-state index in [0.717, 1.165) is 33.7 Å². The minimum absolute atomic E-state index is 0.0820. The molecule has 0 aliphatic carbocycles. The molecule has 154 valence electrons. The molecule has 3 rings (SSSR count). The fraction of sp³-hybridized carbons (Fsp3) is 0.409. The van der Waals surface area contributed by atoms with Gasteiger partial charge in [0.25, 0.3) is 5.56 Å². The van der Waals surface area contributed by atoms with E-state index < -0.39 is 0 Å². The van der Waals surface area contributed by atoms with Gasteiger partial charge in [-0.25, -0.2) is 4.98 Å². The number of hydrogen-bond acceptors (Lipinski definition) is 5. The first-order chi connectivity index (χ1) is 13.9. The predicted molar refractivity (Wildman–Crippen MR) is 122 cm³/mol. The van der Waals surface area contributed by atoms with Crippen molar-refractivity contribution < 1.29 is 4.79 Å². The number of H-pyrrole nitrogens is 1. The predicted octanol–water partition coefficient (Wildman–Crippen LogP) is 4.68. The van der Waals surface area contributed by atoms with Gasteiger partial charge in [-0.3, -0.25) is 9.59 Å². The lowest BCUT2D eigenvalue weighted by molar-refractivity contribution is -0.120. The molecule has 29 heavy (non-hydrogen) atoms. The number of hydrogen-bond donors (Lipinski definition) is 2. The second-order valence-electron chi connectivity index (χ2n) is 7.37. The third-order valence-corrected chi connectivity index (χ3v) is 7.08. The molecule has 2 unspecified atom stereocenters. The van der Waals surface area contributed by atoms with E-state index >= 15 is 0 Å². The number of aryl methyl sites for hydroxylation is 1. The number of thioether (sulfide) groups is 1. The van der Waals surface area contributed by atoms with Gasteiger partial charge in [-0.2, -0.15) is 0 Å². The van der Waals surface area contributed by atoms with Crippen LogP contribution in [0.4, 0.5) is 0 Å². The van der Waals surface area contributed by atoms with Crippen LogP contribution in [0.25, 0.3) is 10.2 Å². The summed E-state index contributed by atoms with van der Waals surface area (Å²) in [7, 11) is 0. The monoisotopic (exact) mass is 429 g/mol. The first-order valence-corrected chi connectivity index (χ1v) is 11.6. The molecule has 0 saturated heterocycles. The molecule has 5 nitrogen and oxygen atoms in total. The van der Waals surface area contributed by atoms with Crippen molar-refractivity contribution in [3.63, 3.8) is 0 Å². The summed E-state index contributed by atoms with van der Waals surface area (Å²) in [6.45, 7) is 8.72. The second-order valence-corrected chi connectivity index (χ2v) is 9.90. The van der Waals surface area contributed by atoms with Gasteiger partial charge in [0.1, 0.15) is 4.83 Å². The third kappa shape index (κ3) is 5.28. The van der Waals surface area contributed by atoms with Crippen LogP contribution in [-0.2, 0) is 17.8 Å². The largest absolute Gasteiger partial charge is 0.351 e. The van der Waals surface area contributed by atoms with Crippen LogP contribution in [0.3, 0.4) is 0 Å². The number of aromatic amines is 1. The maximum Gasteiger partial charge on any atom is 0.260 e. The van der Waals surface area contributed by atoms with Gasteiger partial charge >= 0.3 is 0 Å². The van der Waals surface area contributed by atoms with E-state index in [0.29, 0.717) is 23.0 Å². The van der Waals surface area contributed by atoms with Crippen molar-refractivity contribution in [2.45, 2.75) is 57.5 Å². The highest BCUT2D eigenvalue weighted by Gasteiger charge is 2.20. The highest BCUT2D eigenvalue weighted by atomic mass is 32.2. The van der Waals surface area contributed by atoms with Crippen LogP contribution in [0.5, 0.6) is 0 Å². The van der Waals surface area contributed by atoms with Gasteiger partial charge in [0.05, 0.1) is 10.6 Å². The van der Waals surface area contributed by atoms with E-state index in [9.17, 15) is 9.59 Å². The van der Waals surface area contributed by atoms with Crippen molar-refractivity contribution >= 4 is 39.2 Å². The van der Waals surface area contributed by atoms with E-state index in [4.69, 9.17) is 0 Å². The number of nitrogens with zero attached hydrogens (tertiary/aromatic N) is 1. The summed E-state index contributed by atoms with van der Waals surface area (Å²) in [5.74, 6) is 0.440. The Kier molecular flexibility index (Phi) is 7.14. The maximum absolute atomic E-state index is 12.8. The average molecular weight is 430 g/mol. The van der Waals surface area contributed by atoms with Crippen molar-refractivity contribution in [3.8, 4) is 0 Å². The van der Waals surface area contributed by atoms with Crippen molar-refractivity contribution in [1.29, 1.82) is 0 Å². The molecular formula is C22H27N3O2S2. The Morgan fingerprint density at radius 1 is 1.28 bits per heavy atom. The molecule has 0 bridgehead atoms. The zero-order valence-corrected chi connectivity index (χ0v) is 18.9. The summed E-state index contributed by atoms with van der Waals surface area (Å²) < 4.78 is 0. The van der Waals surface area contributed by atoms with E-state index in [-0.39, 0.29) is 16.7 Å². The molecule has 1 aromatic carbocycles. The molecule has 3 aromatic rings. The zero-order valence-electron chi connectivity index (χ0n) is 17.2. The van der Waals surface area contributed by atoms with E-state index in [1.54, 1.807) is 11.3 Å². The number of thiophene rings is 1. The van der Waals surface area contributed by atoms with E-state index in [2.05, 4.69) is 36.1 Å². The van der Waals surface area contributed by atoms with Crippen LogP contribution in [0.1, 0.15) is 43.2 Å². The molecule has 0 fully saturated rings. The second kappa shape index (κ2) is 9.59. The minimum atomic E-state index is -0.361. The fourth-order valence-electron chi connectivity index (χ4n) is 3.10. The van der Waals surface area contributed by atoms with Crippen molar-refractivity contribution in [2.24, 2.45) is 5.92 Å². The number of carbonyl (C=O) groups excluding carboxylic acids is 1. The van der Waals surface area contributed by atoms with Gasteiger partial charge in [0.2, 0.25) is 5.91 Å². The Morgan fingerprint density at radius 3 is 2.69 bits per heavy atom. The SMILES string of the molecule is CCC(C)Cc1c(C)sc2nc(SC(C)C(=O)NCc3ccccc3)[nH]c(=O)c12. The van der Waals surface area contributed by atoms with Gasteiger partial charge < -0.3 is 10.3 Å². The van der Waals surface area contributed by atoms with Crippen LogP contribution < -0.4 is 10.9 Å². The summed E-state index contributed by atoms with van der Waals surface area (Å²) in [5, 5.41) is 3.77. The Bertz CT molecular complexity index is 1040. The standard InChI is InChI=1S/C22H27N3O2S2/c1-5-13(2)11-17-14(3)28-21-18(17)20(27)24-22(25-21)29-15(4)19(26)23-12-16-9-7-6-8-10-16/h6-10,13,15H,5,11-12H2,1-4H3,(H,23,26)(H,24,25,27). The summed E-state index contributed by atoms with van der Waals surface area (Å²) in [6, 6.07) is 9.79. The fourth-order valence-corrected chi connectivity index (χ4v) is 5.03. The molecule has 0 spiro atoms. The van der Waals surface area contributed by atoms with E-state index in [1.807, 2.05) is 37.3 Å². The van der Waals surface area contributed by atoms with Crippen LogP contribution >= 0.6 is 23.1 Å². The first-order valence-electron chi connectivity index (χ1n) is 9.89. The molecular weight excluding hydrogens is 402 g/mol. The van der Waals surface area contributed by atoms with Crippen molar-refractivity contribution in [3.05, 3.63) is 56.7 Å². The molecule has 2 atom stereocenters. The highest BCUT2D eigenvalue weighted by Crippen LogP contribution is 2.31. The maximum atomic E-state index is 12.8. The molecule has 2 aromatic heterocycles. The number of aromatic nitrogens is 2. The molecule has 2 heterocycles. The van der Waals surface area contributed by atoms with Gasteiger partial charge in [-0.15, -0.1) is 11.3 Å². The molecule has 0 saturated carbocycles. The van der Waals surface area contributed by atoms with E-state index in [1.165, 1.54) is 11.8 Å². The van der Waals surface area contributed by atoms with Gasteiger partial charge in [-0.1, -0.05) is 62.4 Å². The lowest BCUT2D eigenvalue weighted by atomic mass is 9.98. The molecule has 1 amide bonds. The number of benzene rings is 1. The quantitative estimate of drug-likeness (QED) is 0.403. The van der Waals surface area contributed by atoms with Gasteiger partial charge in [0, 0.05) is 11.4 Å². The average Bonchev–Trinajstić information content (AvgIpc) is 3.02. The summed E-state index contributed by atoms with van der Waals surface area (Å²) in [4.78, 5) is 34.6. The molecule has 0 aliphatic heterocycles. The lowest BCUT2D eigenvalue weighted by Crippen LogP contribution is -2.30. The Morgan fingerprint density at radius 2 is 2.00 bits per heavy atom. The smallest absolute Gasteiger partial charge is 0.260 e. The van der Waals surface area contributed by atoms with Gasteiger partial charge in [0.15, 0.2) is 5.16 Å². The highest BCUT2D eigenvalue weighted by molar-refractivity contribution is 8.00. The van der Waals surface area contributed by atoms with Gasteiger partial charge in [-0.05, 0) is 37.3 Å². The molecule has 2 N–H and O–H groups in total. The van der Waals surface area contributed by atoms with Crippen LogP contribution in [0, 0.1) is 12.8 Å². The number of amides is 1. The first kappa shape index (κ1) is 21.6. The van der Waals surface area contributed by atoms with Crippen LogP contribution in [0.2, 0.25) is 0 Å². The molecule has 7 heteroatoms. The summed E-state index contributed by atoms with van der Waals surface area (Å²) in [6.07, 6.45) is 1.96. The van der Waals surface area contributed by atoms with Crippen LogP contribution in [0.15, 0.2) is 40.3 Å². The molecule has 0 aliphatic rings. The Labute approximate surface area is 179 Å². The third-order valence-electron chi connectivity index (χ3n) is 5.06. The number of nitrogens with one attached hydrogen (secondary N) is 2. The number of carbonyl (C=O) groups is 1. The lowest BCUT2D eigenvalue weighted by Gasteiger charge is -2.11. The van der Waals surface area contributed by atoms with Crippen molar-refractivity contribution in [1.82, 2.24) is 15.3 Å². The topological polar surface area (TPSA) is 74.8 Å². The minimum Gasteiger partial charge on any atom is -0.351 e. The summed E-state index contributed by atoms with van der Waals surface area (Å²) in [5.41, 5.74) is 2.05. The molecule has 0 radical (unpaired) electrons. The van der Waals surface area contributed by atoms with Crippen molar-refractivity contribution in [2.75, 3.05) is 0 Å². The Hall–Kier alpha value is -2.12.